The van der Waals surface area contributed by atoms with Gasteiger partial charge in [-0.25, -0.2) is 4.79 Å². The molecule has 0 atom stereocenters. The van der Waals surface area contributed by atoms with Crippen molar-refractivity contribution in [1.29, 1.82) is 0 Å². The quantitative estimate of drug-likeness (QED) is 0.603. The summed E-state index contributed by atoms with van der Waals surface area (Å²) in [6.07, 6.45) is -4.80. The van der Waals surface area contributed by atoms with E-state index >= 15 is 0 Å². The molecule has 0 aliphatic carbocycles. The van der Waals surface area contributed by atoms with E-state index in [-0.39, 0.29) is 16.9 Å². The topological polar surface area (TPSA) is 90.7 Å². The zero-order chi connectivity index (χ0) is 19.3. The molecule has 10 heteroatoms. The molecule has 1 amide bonds. The first-order chi connectivity index (χ1) is 12.1. The summed E-state index contributed by atoms with van der Waals surface area (Å²) in [6.45, 7) is -0.609. The molecule has 0 fully saturated rings. The minimum atomic E-state index is -4.80. The van der Waals surface area contributed by atoms with Gasteiger partial charge in [-0.3, -0.25) is 4.79 Å². The number of ether oxygens (including phenoxy) is 2. The predicted octanol–water partition coefficient (Wildman–Crippen LogP) is 3.62. The Balaban J connectivity index is 1.87. The first kappa shape index (κ1) is 19.4. The average molecular weight is 389 g/mol. The number of hydrogen-bond donors (Lipinski definition) is 2. The molecule has 0 aromatic heterocycles. The Morgan fingerprint density at radius 2 is 1.77 bits per heavy atom. The molecule has 26 heavy (non-hydrogen) atoms. The number of amides is 1. The third-order valence-corrected chi connectivity index (χ3v) is 3.17. The normalized spacial score (nSPS) is 10.9. The standard InChI is InChI=1S/C16H12ClF3N2O4/c17-9-1-6-12(13(21)7-9)15(24)25-8-14(23)22-10-2-4-11(5-3-10)26-16(18,19)20/h1-7H,8,21H2,(H,22,23). The second kappa shape index (κ2) is 7.96. The van der Waals surface area contributed by atoms with Crippen molar-refractivity contribution in [2.24, 2.45) is 0 Å². The minimum absolute atomic E-state index is 0.0517. The van der Waals surface area contributed by atoms with Gasteiger partial charge in [0.1, 0.15) is 5.75 Å². The molecule has 0 heterocycles. The Morgan fingerprint density at radius 1 is 1.12 bits per heavy atom. The first-order valence-electron chi connectivity index (χ1n) is 7.02. The highest BCUT2D eigenvalue weighted by molar-refractivity contribution is 6.31. The lowest BCUT2D eigenvalue weighted by atomic mass is 10.2. The van der Waals surface area contributed by atoms with Crippen LogP contribution in [0.4, 0.5) is 24.5 Å². The Hall–Kier alpha value is -2.94. The third-order valence-electron chi connectivity index (χ3n) is 2.94. The van der Waals surface area contributed by atoms with Gasteiger partial charge in [-0.2, -0.15) is 0 Å². The number of esters is 1. The van der Waals surface area contributed by atoms with Crippen LogP contribution < -0.4 is 15.8 Å². The number of nitrogens with one attached hydrogen (secondary N) is 1. The molecule has 0 saturated heterocycles. The highest BCUT2D eigenvalue weighted by atomic mass is 35.5. The summed E-state index contributed by atoms with van der Waals surface area (Å²) in [5, 5.41) is 2.70. The largest absolute Gasteiger partial charge is 0.573 e. The maximum atomic E-state index is 12.1. The zero-order valence-corrected chi connectivity index (χ0v) is 13.7. The van der Waals surface area contributed by atoms with Gasteiger partial charge in [0.2, 0.25) is 0 Å². The van der Waals surface area contributed by atoms with Crippen molar-refractivity contribution in [2.75, 3.05) is 17.7 Å². The van der Waals surface area contributed by atoms with Crippen molar-refractivity contribution in [3.05, 3.63) is 53.1 Å². The summed E-state index contributed by atoms with van der Waals surface area (Å²) in [6, 6.07) is 8.64. The van der Waals surface area contributed by atoms with Crippen molar-refractivity contribution in [3.8, 4) is 5.75 Å². The van der Waals surface area contributed by atoms with Gasteiger partial charge in [-0.1, -0.05) is 11.6 Å². The molecule has 0 saturated carbocycles. The van der Waals surface area contributed by atoms with Gasteiger partial charge in [-0.15, -0.1) is 13.2 Å². The van der Waals surface area contributed by atoms with Gasteiger partial charge >= 0.3 is 12.3 Å². The molecular formula is C16H12ClF3N2O4. The Morgan fingerprint density at radius 3 is 2.35 bits per heavy atom. The van der Waals surface area contributed by atoms with Crippen LogP contribution in [0.25, 0.3) is 0 Å². The van der Waals surface area contributed by atoms with E-state index in [0.717, 1.165) is 12.1 Å². The van der Waals surface area contributed by atoms with Crippen molar-refractivity contribution in [3.63, 3.8) is 0 Å². The summed E-state index contributed by atoms with van der Waals surface area (Å²) < 4.78 is 44.7. The molecule has 2 rings (SSSR count). The van der Waals surface area contributed by atoms with Crippen LogP contribution >= 0.6 is 11.6 Å². The number of nitrogen functional groups attached to an aromatic ring is 1. The predicted molar refractivity (Wildman–Crippen MR) is 87.9 cm³/mol. The number of nitrogens with two attached hydrogens (primary N) is 1. The average Bonchev–Trinajstić information content (AvgIpc) is 2.53. The van der Waals surface area contributed by atoms with E-state index in [2.05, 4.69) is 10.1 Å². The number of carbonyl (C=O) groups excluding carboxylic acids is 2. The van der Waals surface area contributed by atoms with Gasteiger partial charge in [0.05, 0.1) is 5.56 Å². The Bertz CT molecular complexity index is 810. The molecule has 0 spiro atoms. The first-order valence-corrected chi connectivity index (χ1v) is 7.39. The molecular weight excluding hydrogens is 377 g/mol. The Kier molecular flexibility index (Phi) is 5.93. The van der Waals surface area contributed by atoms with E-state index in [4.69, 9.17) is 22.1 Å². The van der Waals surface area contributed by atoms with Gasteiger partial charge in [0.25, 0.3) is 5.91 Å². The second-order valence-electron chi connectivity index (χ2n) is 4.93. The molecule has 6 nitrogen and oxygen atoms in total. The van der Waals surface area contributed by atoms with Gasteiger partial charge in [0.15, 0.2) is 6.61 Å². The summed E-state index contributed by atoms with van der Waals surface area (Å²) in [4.78, 5) is 23.6. The van der Waals surface area contributed by atoms with E-state index in [9.17, 15) is 22.8 Å². The molecule has 2 aromatic rings. The number of carbonyl (C=O) groups is 2. The molecule has 0 unspecified atom stereocenters. The third kappa shape index (κ3) is 5.85. The lowest BCUT2D eigenvalue weighted by molar-refractivity contribution is -0.274. The van der Waals surface area contributed by atoms with Crippen LogP contribution in [0.1, 0.15) is 10.4 Å². The molecule has 0 bridgehead atoms. The number of hydrogen-bond acceptors (Lipinski definition) is 5. The maximum Gasteiger partial charge on any atom is 0.573 e. The van der Waals surface area contributed by atoms with Crippen molar-refractivity contribution < 1.29 is 32.2 Å². The highest BCUT2D eigenvalue weighted by Crippen LogP contribution is 2.24. The smallest absolute Gasteiger partial charge is 0.452 e. The van der Waals surface area contributed by atoms with Crippen molar-refractivity contribution >= 4 is 34.9 Å². The molecule has 0 aliphatic rings. The summed E-state index contributed by atoms with van der Waals surface area (Å²) >= 11 is 5.72. The SMILES string of the molecule is Nc1cc(Cl)ccc1C(=O)OCC(=O)Nc1ccc(OC(F)(F)F)cc1. The van der Waals surface area contributed by atoms with Crippen molar-refractivity contribution in [1.82, 2.24) is 0 Å². The minimum Gasteiger partial charge on any atom is -0.452 e. The zero-order valence-electron chi connectivity index (χ0n) is 13.0. The van der Waals surface area contributed by atoms with Crippen LogP contribution in [-0.2, 0) is 9.53 Å². The maximum absolute atomic E-state index is 12.1. The fraction of sp³-hybridized carbons (Fsp3) is 0.125. The molecule has 3 N–H and O–H groups in total. The van der Waals surface area contributed by atoms with E-state index in [0.29, 0.717) is 5.02 Å². The fourth-order valence-electron chi connectivity index (χ4n) is 1.87. The van der Waals surface area contributed by atoms with Gasteiger partial charge in [0, 0.05) is 16.4 Å². The number of alkyl halides is 3. The van der Waals surface area contributed by atoms with E-state index in [1.165, 1.54) is 30.3 Å². The number of benzene rings is 2. The van der Waals surface area contributed by atoms with Crippen LogP contribution in [0, 0.1) is 0 Å². The molecule has 0 radical (unpaired) electrons. The lowest BCUT2D eigenvalue weighted by Crippen LogP contribution is -2.21. The van der Waals surface area contributed by atoms with E-state index < -0.39 is 30.6 Å². The summed E-state index contributed by atoms with van der Waals surface area (Å²) in [5.41, 5.74) is 5.98. The monoisotopic (exact) mass is 388 g/mol. The van der Waals surface area contributed by atoms with E-state index in [1.807, 2.05) is 0 Å². The Labute approximate surface area is 150 Å². The molecule has 138 valence electrons. The molecule has 0 aliphatic heterocycles. The van der Waals surface area contributed by atoms with Crippen LogP contribution in [0.5, 0.6) is 5.75 Å². The number of rotatable bonds is 5. The summed E-state index contributed by atoms with van der Waals surface area (Å²) in [7, 11) is 0. The second-order valence-corrected chi connectivity index (χ2v) is 5.36. The summed E-state index contributed by atoms with van der Waals surface area (Å²) in [5.74, 6) is -1.93. The van der Waals surface area contributed by atoms with Crippen LogP contribution in [-0.4, -0.2) is 24.8 Å². The van der Waals surface area contributed by atoms with Crippen LogP contribution in [0.15, 0.2) is 42.5 Å². The van der Waals surface area contributed by atoms with Crippen LogP contribution in [0.3, 0.4) is 0 Å². The van der Waals surface area contributed by atoms with Gasteiger partial charge in [-0.05, 0) is 42.5 Å². The highest BCUT2D eigenvalue weighted by Gasteiger charge is 2.30. The lowest BCUT2D eigenvalue weighted by Gasteiger charge is -2.10. The van der Waals surface area contributed by atoms with Crippen molar-refractivity contribution in [2.45, 2.75) is 6.36 Å². The number of anilines is 2. The van der Waals surface area contributed by atoms with Gasteiger partial charge < -0.3 is 20.5 Å². The number of halogens is 4. The van der Waals surface area contributed by atoms with Crippen LogP contribution in [0.2, 0.25) is 5.02 Å². The fourth-order valence-corrected chi connectivity index (χ4v) is 2.05. The van der Waals surface area contributed by atoms with E-state index in [1.54, 1.807) is 0 Å². The molecule has 2 aromatic carbocycles.